The van der Waals surface area contributed by atoms with Gasteiger partial charge in [-0.1, -0.05) is 11.6 Å². The van der Waals surface area contributed by atoms with E-state index in [1.54, 1.807) is 12.1 Å². The SMILES string of the molecule is O=C(O)COc1ccc(Cl)cc1N1CCNCC1. The van der Waals surface area contributed by atoms with Gasteiger partial charge in [-0.15, -0.1) is 0 Å². The molecule has 0 unspecified atom stereocenters. The number of ether oxygens (including phenoxy) is 1. The molecule has 1 heterocycles. The highest BCUT2D eigenvalue weighted by molar-refractivity contribution is 6.30. The van der Waals surface area contributed by atoms with E-state index < -0.39 is 5.97 Å². The highest BCUT2D eigenvalue weighted by Crippen LogP contribution is 2.31. The third-order valence-corrected chi connectivity index (χ3v) is 2.96. The first-order valence-electron chi connectivity index (χ1n) is 5.76. The highest BCUT2D eigenvalue weighted by Gasteiger charge is 2.16. The van der Waals surface area contributed by atoms with Crippen LogP contribution in [-0.4, -0.2) is 43.9 Å². The van der Waals surface area contributed by atoms with Crippen molar-refractivity contribution in [3.8, 4) is 5.75 Å². The monoisotopic (exact) mass is 270 g/mol. The van der Waals surface area contributed by atoms with Gasteiger partial charge in [0.05, 0.1) is 5.69 Å². The second-order valence-corrected chi connectivity index (χ2v) is 4.47. The molecule has 1 saturated heterocycles. The van der Waals surface area contributed by atoms with E-state index in [0.717, 1.165) is 31.9 Å². The molecule has 0 spiro atoms. The standard InChI is InChI=1S/C12H15ClN2O3/c13-9-1-2-11(18-8-12(16)17)10(7-9)15-5-3-14-4-6-15/h1-2,7,14H,3-6,8H2,(H,16,17). The van der Waals surface area contributed by atoms with Crippen LogP contribution in [0.25, 0.3) is 0 Å². The zero-order valence-corrected chi connectivity index (χ0v) is 10.6. The lowest BCUT2D eigenvalue weighted by Gasteiger charge is -2.30. The Kier molecular flexibility index (Phi) is 4.28. The van der Waals surface area contributed by atoms with Crippen LogP contribution in [0.15, 0.2) is 18.2 Å². The van der Waals surface area contributed by atoms with Crippen LogP contribution in [0.3, 0.4) is 0 Å². The molecule has 0 amide bonds. The summed E-state index contributed by atoms with van der Waals surface area (Å²) in [6.07, 6.45) is 0. The number of carbonyl (C=O) groups is 1. The van der Waals surface area contributed by atoms with E-state index >= 15 is 0 Å². The first-order valence-corrected chi connectivity index (χ1v) is 6.14. The van der Waals surface area contributed by atoms with E-state index in [9.17, 15) is 4.79 Å². The molecule has 98 valence electrons. The number of carboxylic acids is 1. The zero-order chi connectivity index (χ0) is 13.0. The van der Waals surface area contributed by atoms with Crippen molar-refractivity contribution in [3.63, 3.8) is 0 Å². The fourth-order valence-electron chi connectivity index (χ4n) is 1.90. The summed E-state index contributed by atoms with van der Waals surface area (Å²) in [5.41, 5.74) is 0.852. The number of piperazine rings is 1. The van der Waals surface area contributed by atoms with E-state index in [2.05, 4.69) is 10.2 Å². The minimum Gasteiger partial charge on any atom is -0.480 e. The maximum atomic E-state index is 10.6. The first kappa shape index (κ1) is 13.0. The van der Waals surface area contributed by atoms with E-state index in [1.165, 1.54) is 0 Å². The van der Waals surface area contributed by atoms with Crippen LogP contribution in [-0.2, 0) is 4.79 Å². The first-order chi connectivity index (χ1) is 8.66. The normalized spacial score (nSPS) is 15.5. The van der Waals surface area contributed by atoms with Crippen molar-refractivity contribution in [2.24, 2.45) is 0 Å². The molecule has 0 saturated carbocycles. The van der Waals surface area contributed by atoms with E-state index in [-0.39, 0.29) is 6.61 Å². The Hall–Kier alpha value is -1.46. The third-order valence-electron chi connectivity index (χ3n) is 2.73. The summed E-state index contributed by atoms with van der Waals surface area (Å²) in [5, 5.41) is 12.5. The van der Waals surface area contributed by atoms with E-state index in [1.807, 2.05) is 6.07 Å². The Morgan fingerprint density at radius 1 is 1.44 bits per heavy atom. The molecular weight excluding hydrogens is 256 g/mol. The number of hydrogen-bond donors (Lipinski definition) is 2. The molecule has 5 nitrogen and oxygen atoms in total. The van der Waals surface area contributed by atoms with Crippen LogP contribution in [0.1, 0.15) is 0 Å². The van der Waals surface area contributed by atoms with Gasteiger partial charge in [-0.05, 0) is 18.2 Å². The quantitative estimate of drug-likeness (QED) is 0.861. The maximum absolute atomic E-state index is 10.6. The number of hydrogen-bond acceptors (Lipinski definition) is 4. The Bertz CT molecular complexity index is 433. The summed E-state index contributed by atoms with van der Waals surface area (Å²) in [6.45, 7) is 3.14. The minimum absolute atomic E-state index is 0.347. The van der Waals surface area contributed by atoms with Crippen LogP contribution in [0.4, 0.5) is 5.69 Å². The molecule has 1 aromatic carbocycles. The number of rotatable bonds is 4. The Morgan fingerprint density at radius 3 is 2.83 bits per heavy atom. The second-order valence-electron chi connectivity index (χ2n) is 4.03. The molecule has 2 rings (SSSR count). The molecule has 0 aliphatic carbocycles. The maximum Gasteiger partial charge on any atom is 0.341 e. The lowest BCUT2D eigenvalue weighted by atomic mass is 10.2. The van der Waals surface area contributed by atoms with Crippen LogP contribution in [0, 0.1) is 0 Å². The molecule has 1 aliphatic rings. The third kappa shape index (κ3) is 3.27. The van der Waals surface area contributed by atoms with Crippen molar-refractivity contribution in [3.05, 3.63) is 23.2 Å². The predicted octanol–water partition coefficient (Wildman–Crippen LogP) is 1.21. The number of aliphatic carboxylic acids is 1. The molecule has 1 fully saturated rings. The summed E-state index contributed by atoms with van der Waals surface area (Å²) in [7, 11) is 0. The van der Waals surface area contributed by atoms with Gasteiger partial charge in [0.25, 0.3) is 0 Å². The van der Waals surface area contributed by atoms with Gasteiger partial charge in [0, 0.05) is 31.2 Å². The van der Waals surface area contributed by atoms with Gasteiger partial charge < -0.3 is 20.1 Å². The van der Waals surface area contributed by atoms with Crippen molar-refractivity contribution in [2.45, 2.75) is 0 Å². The average molecular weight is 271 g/mol. The Balaban J connectivity index is 2.19. The van der Waals surface area contributed by atoms with Gasteiger partial charge in [-0.2, -0.15) is 0 Å². The summed E-state index contributed by atoms with van der Waals surface area (Å²) >= 11 is 5.98. The summed E-state index contributed by atoms with van der Waals surface area (Å²) < 4.78 is 5.29. The Morgan fingerprint density at radius 2 is 2.17 bits per heavy atom. The lowest BCUT2D eigenvalue weighted by Crippen LogP contribution is -2.43. The predicted molar refractivity (Wildman–Crippen MR) is 69.7 cm³/mol. The van der Waals surface area contributed by atoms with Gasteiger partial charge in [-0.3, -0.25) is 0 Å². The minimum atomic E-state index is -0.990. The average Bonchev–Trinajstić information content (AvgIpc) is 2.38. The van der Waals surface area contributed by atoms with Gasteiger partial charge in [-0.25, -0.2) is 4.79 Å². The molecule has 0 aromatic heterocycles. The van der Waals surface area contributed by atoms with Crippen molar-refractivity contribution in [1.29, 1.82) is 0 Å². The van der Waals surface area contributed by atoms with Crippen molar-refractivity contribution < 1.29 is 14.6 Å². The molecule has 6 heteroatoms. The molecule has 0 atom stereocenters. The molecule has 1 aliphatic heterocycles. The smallest absolute Gasteiger partial charge is 0.341 e. The molecule has 18 heavy (non-hydrogen) atoms. The summed E-state index contributed by atoms with van der Waals surface area (Å²) in [6, 6.07) is 5.22. The van der Waals surface area contributed by atoms with Crippen LogP contribution < -0.4 is 15.0 Å². The van der Waals surface area contributed by atoms with Crippen LogP contribution in [0.2, 0.25) is 5.02 Å². The fraction of sp³-hybridized carbons (Fsp3) is 0.417. The van der Waals surface area contributed by atoms with E-state index in [4.69, 9.17) is 21.4 Å². The van der Waals surface area contributed by atoms with Gasteiger partial charge >= 0.3 is 5.97 Å². The fourth-order valence-corrected chi connectivity index (χ4v) is 2.07. The number of nitrogens with one attached hydrogen (secondary N) is 1. The second kappa shape index (κ2) is 5.93. The lowest BCUT2D eigenvalue weighted by molar-refractivity contribution is -0.139. The molecule has 2 N–H and O–H groups in total. The van der Waals surface area contributed by atoms with Crippen molar-refractivity contribution >= 4 is 23.3 Å². The zero-order valence-electron chi connectivity index (χ0n) is 9.86. The Labute approximate surface area is 110 Å². The molecular formula is C12H15ClN2O3. The van der Waals surface area contributed by atoms with Crippen molar-refractivity contribution in [1.82, 2.24) is 5.32 Å². The van der Waals surface area contributed by atoms with Crippen LogP contribution >= 0.6 is 11.6 Å². The van der Waals surface area contributed by atoms with Gasteiger partial charge in [0.2, 0.25) is 0 Å². The van der Waals surface area contributed by atoms with Crippen LogP contribution in [0.5, 0.6) is 5.75 Å². The molecule has 0 radical (unpaired) electrons. The van der Waals surface area contributed by atoms with E-state index in [0.29, 0.717) is 10.8 Å². The number of nitrogens with zero attached hydrogens (tertiary/aromatic N) is 1. The number of benzene rings is 1. The van der Waals surface area contributed by atoms with Gasteiger partial charge in [0.1, 0.15) is 5.75 Å². The number of carboxylic acid groups (broad SMARTS) is 1. The number of halogens is 1. The molecule has 1 aromatic rings. The highest BCUT2D eigenvalue weighted by atomic mass is 35.5. The topological polar surface area (TPSA) is 61.8 Å². The number of anilines is 1. The van der Waals surface area contributed by atoms with Gasteiger partial charge in [0.15, 0.2) is 6.61 Å². The largest absolute Gasteiger partial charge is 0.480 e. The summed E-state index contributed by atoms with van der Waals surface area (Å²) in [5.74, 6) is -0.431. The van der Waals surface area contributed by atoms with Crippen molar-refractivity contribution in [2.75, 3.05) is 37.7 Å². The molecule has 0 bridgehead atoms. The summed E-state index contributed by atoms with van der Waals surface area (Å²) in [4.78, 5) is 12.7.